The Morgan fingerprint density at radius 3 is 2.65 bits per heavy atom. The van der Waals surface area contributed by atoms with Crippen molar-refractivity contribution in [2.75, 3.05) is 5.43 Å². The van der Waals surface area contributed by atoms with Crippen LogP contribution in [-0.4, -0.2) is 11.2 Å². The van der Waals surface area contributed by atoms with E-state index in [-0.39, 0.29) is 5.92 Å². The van der Waals surface area contributed by atoms with Gasteiger partial charge in [-0.15, -0.1) is 0 Å². The third-order valence-electron chi connectivity index (χ3n) is 3.08. The van der Waals surface area contributed by atoms with Gasteiger partial charge in [-0.25, -0.2) is 4.98 Å². The average Bonchev–Trinajstić information content (AvgIpc) is 2.90. The molecule has 1 atom stereocenters. The van der Waals surface area contributed by atoms with Gasteiger partial charge in [0.15, 0.2) is 0 Å². The van der Waals surface area contributed by atoms with E-state index in [0.717, 1.165) is 10.6 Å². The lowest BCUT2D eigenvalue weighted by Crippen LogP contribution is -1.97. The summed E-state index contributed by atoms with van der Waals surface area (Å²) in [5.74, 6) is 0.276. The van der Waals surface area contributed by atoms with E-state index in [1.165, 1.54) is 10.3 Å². The predicted molar refractivity (Wildman–Crippen MR) is 86.6 cm³/mol. The second-order valence-corrected chi connectivity index (χ2v) is 5.61. The molecule has 0 fully saturated rings. The van der Waals surface area contributed by atoms with E-state index in [2.05, 4.69) is 40.6 Å². The molecule has 3 rings (SSSR count). The Morgan fingerprint density at radius 1 is 1.10 bits per heavy atom. The molecule has 0 saturated carbocycles. The quantitative estimate of drug-likeness (QED) is 0.565. The molecule has 1 heterocycles. The van der Waals surface area contributed by atoms with Gasteiger partial charge in [0.1, 0.15) is 0 Å². The van der Waals surface area contributed by atoms with Crippen molar-refractivity contribution in [2.45, 2.75) is 12.8 Å². The van der Waals surface area contributed by atoms with Crippen molar-refractivity contribution < 1.29 is 0 Å². The molecule has 100 valence electrons. The minimum absolute atomic E-state index is 0.276. The highest BCUT2D eigenvalue weighted by atomic mass is 32.1. The zero-order chi connectivity index (χ0) is 13.8. The Bertz CT molecular complexity index is 686. The van der Waals surface area contributed by atoms with E-state index in [1.807, 2.05) is 42.6 Å². The molecule has 0 aliphatic carbocycles. The Hall–Kier alpha value is -2.20. The van der Waals surface area contributed by atoms with Gasteiger partial charge in [0.25, 0.3) is 0 Å². The van der Waals surface area contributed by atoms with E-state index in [9.17, 15) is 0 Å². The van der Waals surface area contributed by atoms with Crippen LogP contribution in [0.25, 0.3) is 10.2 Å². The largest absolute Gasteiger partial charge is 0.253 e. The van der Waals surface area contributed by atoms with Gasteiger partial charge in [-0.3, -0.25) is 5.43 Å². The molecule has 0 spiro atoms. The number of thiazole rings is 1. The van der Waals surface area contributed by atoms with E-state index >= 15 is 0 Å². The molecule has 3 nitrogen and oxygen atoms in total. The summed E-state index contributed by atoms with van der Waals surface area (Å²) in [6.07, 6.45) is 1.90. The summed E-state index contributed by atoms with van der Waals surface area (Å²) in [6, 6.07) is 18.4. The van der Waals surface area contributed by atoms with Gasteiger partial charge >= 0.3 is 0 Å². The van der Waals surface area contributed by atoms with Crippen molar-refractivity contribution >= 4 is 32.9 Å². The smallest absolute Gasteiger partial charge is 0.204 e. The highest BCUT2D eigenvalue weighted by molar-refractivity contribution is 7.22. The number of nitrogens with zero attached hydrogens (tertiary/aromatic N) is 2. The number of aromatic nitrogens is 1. The van der Waals surface area contributed by atoms with Crippen molar-refractivity contribution in [1.82, 2.24) is 4.98 Å². The van der Waals surface area contributed by atoms with Crippen LogP contribution >= 0.6 is 11.3 Å². The van der Waals surface area contributed by atoms with Gasteiger partial charge in [0.05, 0.1) is 10.2 Å². The molecule has 3 aromatic rings. The fourth-order valence-electron chi connectivity index (χ4n) is 1.97. The van der Waals surface area contributed by atoms with E-state index < -0.39 is 0 Å². The molecule has 0 bridgehead atoms. The number of benzene rings is 2. The van der Waals surface area contributed by atoms with Crippen LogP contribution in [0.2, 0.25) is 0 Å². The molecule has 20 heavy (non-hydrogen) atoms. The molecule has 1 aromatic heterocycles. The summed E-state index contributed by atoms with van der Waals surface area (Å²) < 4.78 is 1.17. The molecule has 0 aliphatic heterocycles. The summed E-state index contributed by atoms with van der Waals surface area (Å²) in [6.45, 7) is 2.12. The van der Waals surface area contributed by atoms with E-state index in [4.69, 9.17) is 0 Å². The summed E-state index contributed by atoms with van der Waals surface area (Å²) in [5.41, 5.74) is 5.27. The SMILES string of the molecule is C[C@H](/C=N\Nc1nc2ccccc2s1)c1ccccc1. The van der Waals surface area contributed by atoms with Gasteiger partial charge in [0, 0.05) is 12.1 Å². The minimum Gasteiger partial charge on any atom is -0.253 e. The summed E-state index contributed by atoms with van der Waals surface area (Å²) in [5, 5.41) is 5.11. The van der Waals surface area contributed by atoms with Crippen LogP contribution in [0.3, 0.4) is 0 Å². The first kappa shape index (κ1) is 12.8. The summed E-state index contributed by atoms with van der Waals surface area (Å²) >= 11 is 1.61. The number of fused-ring (bicyclic) bond motifs is 1. The third-order valence-corrected chi connectivity index (χ3v) is 4.02. The Morgan fingerprint density at radius 2 is 1.85 bits per heavy atom. The lowest BCUT2D eigenvalue weighted by molar-refractivity contribution is 1.04. The van der Waals surface area contributed by atoms with Crippen molar-refractivity contribution in [3.8, 4) is 0 Å². The molecule has 1 N–H and O–H groups in total. The highest BCUT2D eigenvalue weighted by Gasteiger charge is 2.02. The summed E-state index contributed by atoms with van der Waals surface area (Å²) in [4.78, 5) is 4.48. The molecule has 0 saturated heterocycles. The zero-order valence-electron chi connectivity index (χ0n) is 11.2. The van der Waals surface area contributed by atoms with Gasteiger partial charge in [-0.05, 0) is 17.7 Å². The maximum atomic E-state index is 4.48. The first-order valence-corrected chi connectivity index (χ1v) is 7.34. The van der Waals surface area contributed by atoms with Crippen LogP contribution < -0.4 is 5.43 Å². The Kier molecular flexibility index (Phi) is 3.74. The topological polar surface area (TPSA) is 37.3 Å². The first-order chi connectivity index (χ1) is 9.83. The minimum atomic E-state index is 0.276. The van der Waals surface area contributed by atoms with Crippen molar-refractivity contribution in [2.24, 2.45) is 5.10 Å². The lowest BCUT2D eigenvalue weighted by atomic mass is 10.0. The van der Waals surface area contributed by atoms with Crippen LogP contribution in [0.5, 0.6) is 0 Å². The molecule has 0 radical (unpaired) electrons. The van der Waals surface area contributed by atoms with E-state index in [1.54, 1.807) is 11.3 Å². The molecule has 2 aromatic carbocycles. The number of para-hydroxylation sites is 1. The maximum Gasteiger partial charge on any atom is 0.204 e. The predicted octanol–water partition coefficient (Wildman–Crippen LogP) is 4.50. The fourth-order valence-corrected chi connectivity index (χ4v) is 2.78. The number of nitrogens with one attached hydrogen (secondary N) is 1. The standard InChI is InChI=1S/C16H15N3S/c1-12(13-7-3-2-4-8-13)11-17-19-16-18-14-9-5-6-10-15(14)20-16/h2-12H,1H3,(H,18,19)/b17-11-/t12-/m1/s1. The van der Waals surface area contributed by atoms with Crippen molar-refractivity contribution in [1.29, 1.82) is 0 Å². The molecule has 0 amide bonds. The third kappa shape index (κ3) is 2.86. The Labute approximate surface area is 122 Å². The van der Waals surface area contributed by atoms with Gasteiger partial charge < -0.3 is 0 Å². The van der Waals surface area contributed by atoms with Gasteiger partial charge in [-0.2, -0.15) is 5.10 Å². The second-order valence-electron chi connectivity index (χ2n) is 4.58. The zero-order valence-corrected chi connectivity index (χ0v) is 12.0. The van der Waals surface area contributed by atoms with Gasteiger partial charge in [0.2, 0.25) is 5.13 Å². The fraction of sp³-hybridized carbons (Fsp3) is 0.125. The molecular weight excluding hydrogens is 266 g/mol. The first-order valence-electron chi connectivity index (χ1n) is 6.52. The van der Waals surface area contributed by atoms with Crippen LogP contribution in [-0.2, 0) is 0 Å². The average molecular weight is 281 g/mol. The summed E-state index contributed by atoms with van der Waals surface area (Å²) in [7, 11) is 0. The number of rotatable bonds is 4. The number of hydrazone groups is 1. The van der Waals surface area contributed by atoms with Crippen LogP contribution in [0.4, 0.5) is 5.13 Å². The monoisotopic (exact) mass is 281 g/mol. The van der Waals surface area contributed by atoms with Crippen LogP contribution in [0.15, 0.2) is 59.7 Å². The lowest BCUT2D eigenvalue weighted by Gasteiger charge is -2.04. The van der Waals surface area contributed by atoms with Crippen LogP contribution in [0.1, 0.15) is 18.4 Å². The maximum absolute atomic E-state index is 4.48. The molecule has 0 unspecified atom stereocenters. The number of hydrogen-bond acceptors (Lipinski definition) is 4. The van der Waals surface area contributed by atoms with E-state index in [0.29, 0.717) is 0 Å². The van der Waals surface area contributed by atoms with Gasteiger partial charge in [-0.1, -0.05) is 60.7 Å². The van der Waals surface area contributed by atoms with Crippen LogP contribution in [0, 0.1) is 0 Å². The Balaban J connectivity index is 1.68. The highest BCUT2D eigenvalue weighted by Crippen LogP contribution is 2.25. The number of hydrogen-bond donors (Lipinski definition) is 1. The molecule has 4 heteroatoms. The van der Waals surface area contributed by atoms with Crippen molar-refractivity contribution in [3.63, 3.8) is 0 Å². The molecular formula is C16H15N3S. The normalized spacial score (nSPS) is 12.8. The number of anilines is 1. The second kappa shape index (κ2) is 5.84. The molecule has 0 aliphatic rings. The van der Waals surface area contributed by atoms with Crippen molar-refractivity contribution in [3.05, 3.63) is 60.2 Å².